The van der Waals surface area contributed by atoms with Crippen LogP contribution in [-0.2, 0) is 74.6 Å². The standard InChI is InChI=1S/2C6H10O3.C5H8O2.C4H6O2.C3H6O3.C3H6O2.6CH3.2H3N.3Ti/c2*1-3-9-6(8)4-5(2)7;1-4(6)3-5(2)7;1-4(6)2-3-5;1-2(4)3(5)6;1-3(5)2-4;;;;;;;;;;;/h2*4,7H,3H2,1-2H3;3,6H,1-2H3;2-3,6H,1H3;2,4H,1H3,(H,5,6);2-3,5H,1H3;8*1H3;;;/q;;;;;;6*-1;;;;;/p+7. The number of aliphatic carboxylic acids is 1. The molecule has 0 heterocycles. The van der Waals surface area contributed by atoms with E-state index < -0.39 is 18.2 Å². The van der Waals surface area contributed by atoms with Gasteiger partial charge in [-0.15, -0.1) is 0 Å². The van der Waals surface area contributed by atoms with Crippen LogP contribution in [-0.4, -0.2) is 121 Å². The monoisotopic (exact) mass is 885 g/mol. The Bertz CT molecular complexity index is 864. The summed E-state index contributed by atoms with van der Waals surface area (Å²) in [6.45, 7) is 14.3. The van der Waals surface area contributed by atoms with E-state index in [1.54, 1.807) is 13.8 Å². The van der Waals surface area contributed by atoms with E-state index in [4.69, 9.17) is 59.4 Å². The van der Waals surface area contributed by atoms with E-state index >= 15 is 0 Å². The predicted octanol–water partition coefficient (Wildman–Crippen LogP) is 4.69. The largest absolute Gasteiger partial charge is 0.513 e. The van der Waals surface area contributed by atoms with Crippen molar-refractivity contribution in [1.29, 1.82) is 0 Å². The Labute approximate surface area is 365 Å². The molecule has 0 saturated heterocycles. The van der Waals surface area contributed by atoms with Crippen LogP contribution >= 0.6 is 0 Å². The van der Waals surface area contributed by atoms with Crippen LogP contribution in [0, 0.1) is 44.6 Å². The normalized spacial score (nSPS) is 9.42. The summed E-state index contributed by atoms with van der Waals surface area (Å²) in [5, 5.41) is 59.3. The van der Waals surface area contributed by atoms with Gasteiger partial charge in [-0.3, -0.25) is 14.4 Å². The van der Waals surface area contributed by atoms with E-state index in [9.17, 15) is 5.11 Å². The van der Waals surface area contributed by atoms with E-state index in [-0.39, 0.29) is 163 Å². The van der Waals surface area contributed by atoms with Crippen molar-refractivity contribution in [3.8, 4) is 0 Å². The van der Waals surface area contributed by atoms with Gasteiger partial charge in [0.15, 0.2) is 19.3 Å². The number of ether oxygens (including phenoxy) is 2. The van der Waals surface area contributed by atoms with Crippen LogP contribution in [0.1, 0.15) is 62.3 Å². The molecule has 0 amide bonds. The third-order valence-corrected chi connectivity index (χ3v) is 2.56. The molecule has 17 nitrogen and oxygen atoms in total. The summed E-state index contributed by atoms with van der Waals surface area (Å²) in [5.74, 6) is -1.27. The van der Waals surface area contributed by atoms with E-state index in [0.29, 0.717) is 13.2 Å². The fourth-order valence-corrected chi connectivity index (χ4v) is 1.15. The zero-order valence-corrected chi connectivity index (χ0v) is 39.8. The third kappa shape index (κ3) is 186. The second-order valence-electron chi connectivity index (χ2n) is 7.40. The maximum absolute atomic E-state index is 9.45. The quantitative estimate of drug-likeness (QED) is 0.0318. The molecule has 53 heavy (non-hydrogen) atoms. The maximum atomic E-state index is 9.45. The molecule has 0 fully saturated rings. The summed E-state index contributed by atoms with van der Waals surface area (Å²) < 4.78 is 9.18. The Kier molecular flexibility index (Phi) is 172. The fraction of sp³-hybridized carbons (Fsp3) is 0.394. The van der Waals surface area contributed by atoms with Gasteiger partial charge in [0.2, 0.25) is 0 Å². The number of rotatable bonds is 8. The van der Waals surface area contributed by atoms with Gasteiger partial charge in [-0.25, -0.2) is 5.11 Å². The molecule has 2 atom stereocenters. The number of quaternary nitrogens is 2. The molecule has 20 N–H and O–H groups in total. The van der Waals surface area contributed by atoms with Gasteiger partial charge in [-0.05, 0) is 55.4 Å². The second-order valence-corrected chi connectivity index (χ2v) is 7.40. The van der Waals surface area contributed by atoms with Crippen LogP contribution in [0.2, 0.25) is 0 Å². The van der Waals surface area contributed by atoms with Crippen LogP contribution in [0.4, 0.5) is 0 Å². The molecule has 320 valence electrons. The van der Waals surface area contributed by atoms with Crippen molar-refractivity contribution in [3.63, 3.8) is 0 Å². The molecular weight excluding hydrogens is 808 g/mol. The van der Waals surface area contributed by atoms with E-state index in [1.807, 2.05) is 0 Å². The van der Waals surface area contributed by atoms with E-state index in [2.05, 4.69) is 9.47 Å². The Balaban J connectivity index is -0.0000000190. The van der Waals surface area contributed by atoms with Crippen molar-refractivity contribution >= 4 is 36.3 Å². The number of aliphatic hydroxyl groups excluding tert-OH is 6. The zero-order valence-electron chi connectivity index (χ0n) is 35.1. The Morgan fingerprint density at radius 1 is 0.604 bits per heavy atom. The van der Waals surface area contributed by atoms with E-state index in [1.165, 1.54) is 60.6 Å². The van der Waals surface area contributed by atoms with Crippen molar-refractivity contribution < 1.29 is 139 Å². The number of ketones is 1. The molecule has 0 aromatic heterocycles. The fourth-order valence-electron chi connectivity index (χ4n) is 1.15. The van der Waals surface area contributed by atoms with Crippen molar-refractivity contribution in [2.45, 2.75) is 74.5 Å². The number of aliphatic hydroxyl groups is 6. The number of carbonyl (C=O) groups excluding carboxylic acids is 6. The smallest absolute Gasteiger partial charge is 0.512 e. The Hall–Kier alpha value is -2.44. The number of hydrogen-bond acceptors (Lipinski definition) is 9. The van der Waals surface area contributed by atoms with Gasteiger partial charge in [0.05, 0.1) is 30.6 Å². The third-order valence-electron chi connectivity index (χ3n) is 2.56. The topological polar surface area (TPSA) is 364 Å². The molecule has 2 unspecified atom stereocenters. The van der Waals surface area contributed by atoms with Crippen LogP contribution < -0.4 is 17.4 Å². The van der Waals surface area contributed by atoms with Crippen molar-refractivity contribution in [3.05, 3.63) is 91.9 Å². The molecule has 20 heteroatoms. The Morgan fingerprint density at radius 2 is 0.830 bits per heavy atom. The van der Waals surface area contributed by atoms with Gasteiger partial charge in [-0.1, -0.05) is 0 Å². The summed E-state index contributed by atoms with van der Waals surface area (Å²) in [7, 11) is 0. The number of carboxylic acid groups (broad SMARTS) is 1. The van der Waals surface area contributed by atoms with Crippen LogP contribution in [0.5, 0.6) is 0 Å². The molecule has 0 saturated carbocycles. The average Bonchev–Trinajstić information content (AvgIpc) is 2.79. The predicted molar refractivity (Wildman–Crippen MR) is 212 cm³/mol. The molecule has 0 radical (unpaired) electrons. The number of carboxylic acids is 1. The van der Waals surface area contributed by atoms with Crippen LogP contribution in [0.15, 0.2) is 47.3 Å². The first-order valence-corrected chi connectivity index (χ1v) is 12.1. The number of hydrogen-bond donors (Lipinski definition) is 8. The first kappa shape index (κ1) is 110. The molecule has 0 aliphatic rings. The molecular formula is C33H77N2O15Ti3+. The van der Waals surface area contributed by atoms with Crippen molar-refractivity contribution in [2.24, 2.45) is 0 Å². The van der Waals surface area contributed by atoms with Gasteiger partial charge in [0.25, 0.3) is 0 Å². The van der Waals surface area contributed by atoms with Crippen LogP contribution in [0.3, 0.4) is 0 Å². The maximum Gasteiger partial charge on any atom is 0.513 e. The number of esters is 2. The summed E-state index contributed by atoms with van der Waals surface area (Å²) in [6.07, 6.45) is 4.35. The number of allylic oxidation sites excluding steroid dienone is 6. The molecule has 0 aliphatic heterocycles. The summed E-state index contributed by atoms with van der Waals surface area (Å²) >= 11 is 0. The minimum Gasteiger partial charge on any atom is -0.512 e. The average molecular weight is 886 g/mol. The zero-order chi connectivity index (χ0) is 34.8. The molecule has 0 rings (SSSR count). The van der Waals surface area contributed by atoms with Gasteiger partial charge in [-0.2, -0.15) is 0 Å². The summed E-state index contributed by atoms with van der Waals surface area (Å²) in [4.78, 5) is 49.1. The van der Waals surface area contributed by atoms with Gasteiger partial charge in [0, 0.05) is 65.2 Å². The minimum absolute atomic E-state index is 0. The van der Waals surface area contributed by atoms with E-state index in [0.717, 1.165) is 24.7 Å². The SMILES string of the molecule is CC(=[OH+])C=C(C)O.CC(O)=CC=[OH+].CC(O)C([O-])=[OH+].CC(O)C=[OH+].CCOC(=[OH+])C=C(C)O.CCOC(=[OH+])C=C(C)O.[CH3-].[CH3-].[CH3-].[CH3-].[CH3-].[CH3-].[NH4+].[NH4+].[Ti].[Ti].[Ti]. The van der Waals surface area contributed by atoms with Gasteiger partial charge in [0.1, 0.15) is 29.8 Å². The first-order chi connectivity index (χ1) is 19.1. The van der Waals surface area contributed by atoms with Crippen LogP contribution in [0.25, 0.3) is 0 Å². The molecule has 0 bridgehead atoms. The summed E-state index contributed by atoms with van der Waals surface area (Å²) in [6, 6.07) is 0. The molecule has 0 aromatic carbocycles. The summed E-state index contributed by atoms with van der Waals surface area (Å²) in [5.41, 5.74) is 0. The second kappa shape index (κ2) is 82.8. The first-order valence-electron chi connectivity index (χ1n) is 12.1. The van der Waals surface area contributed by atoms with Crippen molar-refractivity contribution in [2.75, 3.05) is 13.2 Å². The molecule has 0 aliphatic carbocycles. The Morgan fingerprint density at radius 3 is 0.887 bits per heavy atom. The van der Waals surface area contributed by atoms with Crippen molar-refractivity contribution in [1.82, 2.24) is 12.3 Å². The minimum atomic E-state index is -1.23. The number of aldehydes is 2. The van der Waals surface area contributed by atoms with Gasteiger partial charge < -0.3 is 111 Å². The van der Waals surface area contributed by atoms with Gasteiger partial charge >= 0.3 is 36.3 Å². The molecule has 0 spiro atoms. The molecule has 0 aromatic rings.